The molecule has 0 saturated carbocycles. The largest absolute Gasteiger partial charge is 0.332 e. The van der Waals surface area contributed by atoms with E-state index in [1.807, 2.05) is 24.1 Å². The maximum absolute atomic E-state index is 11.8. The van der Waals surface area contributed by atoms with Gasteiger partial charge in [-0.2, -0.15) is 11.8 Å². The van der Waals surface area contributed by atoms with Gasteiger partial charge in [0.2, 0.25) is 5.91 Å². The van der Waals surface area contributed by atoms with Crippen molar-refractivity contribution in [3.05, 3.63) is 11.1 Å². The van der Waals surface area contributed by atoms with E-state index in [2.05, 4.69) is 20.9 Å². The normalized spacial score (nSPS) is 26.4. The molecule has 2 aliphatic heterocycles. The van der Waals surface area contributed by atoms with Gasteiger partial charge < -0.3 is 16.0 Å². The van der Waals surface area contributed by atoms with Crippen molar-refractivity contribution in [1.29, 1.82) is 0 Å². The molecule has 0 spiro atoms. The van der Waals surface area contributed by atoms with Crippen molar-refractivity contribution in [1.82, 2.24) is 15.6 Å². The number of carbonyl (C=O) groups excluding carboxylic acids is 2. The molecule has 3 rings (SSSR count). The number of nitrogens with zero attached hydrogens (tertiary/aromatic N) is 1. The molecule has 6 nitrogen and oxygen atoms in total. The third-order valence-corrected chi connectivity index (χ3v) is 6.33. The number of thioether (sulfide) groups is 1. The van der Waals surface area contributed by atoms with Crippen LogP contribution in [0.1, 0.15) is 31.4 Å². The summed E-state index contributed by atoms with van der Waals surface area (Å²) in [6, 6.07) is 0.488. The predicted octanol–water partition coefficient (Wildman–Crippen LogP) is 2.12. The smallest absolute Gasteiger partial charge is 0.315 e. The standard InChI is InChI=1S/C14H20N4O2S2/c1-8-6-22-14(15-8)17-11(19)5-3-2-4-10-12-9(7-21-10)16-13(20)18-12/h6,9-10,12H,2-5,7H2,1H3,(H,15,17,19)(H2,16,18,20)/t9-,10+,12+/m0/s1. The van der Waals surface area contributed by atoms with Crippen LogP contribution >= 0.6 is 23.1 Å². The van der Waals surface area contributed by atoms with Crippen LogP contribution in [-0.2, 0) is 4.79 Å². The molecule has 8 heteroatoms. The van der Waals surface area contributed by atoms with Gasteiger partial charge in [-0.3, -0.25) is 4.79 Å². The number of rotatable bonds is 6. The fraction of sp³-hybridized carbons (Fsp3) is 0.643. The fourth-order valence-electron chi connectivity index (χ4n) is 2.87. The Morgan fingerprint density at radius 2 is 2.32 bits per heavy atom. The van der Waals surface area contributed by atoms with Crippen molar-refractivity contribution < 1.29 is 9.59 Å². The van der Waals surface area contributed by atoms with Crippen LogP contribution in [0.5, 0.6) is 0 Å². The number of amides is 3. The maximum Gasteiger partial charge on any atom is 0.315 e. The van der Waals surface area contributed by atoms with Gasteiger partial charge in [0.25, 0.3) is 0 Å². The first-order chi connectivity index (χ1) is 10.6. The van der Waals surface area contributed by atoms with Crippen LogP contribution in [0.15, 0.2) is 5.38 Å². The SMILES string of the molecule is Cc1csc(NC(=O)CCCC[C@H]2SC[C@@H]3NC(=O)N[C@H]32)n1. The molecule has 22 heavy (non-hydrogen) atoms. The molecule has 120 valence electrons. The van der Waals surface area contributed by atoms with Gasteiger partial charge in [0.15, 0.2) is 5.13 Å². The molecule has 3 N–H and O–H groups in total. The third-order valence-electron chi connectivity index (χ3n) is 3.95. The summed E-state index contributed by atoms with van der Waals surface area (Å²) in [5.41, 5.74) is 0.931. The summed E-state index contributed by atoms with van der Waals surface area (Å²) in [5, 5.41) is 11.8. The first-order valence-corrected chi connectivity index (χ1v) is 9.45. The highest BCUT2D eigenvalue weighted by atomic mass is 32.2. The fourth-order valence-corrected chi connectivity index (χ4v) is 5.12. The highest BCUT2D eigenvalue weighted by Crippen LogP contribution is 2.33. The zero-order valence-electron chi connectivity index (χ0n) is 12.4. The lowest BCUT2D eigenvalue weighted by atomic mass is 10.0. The molecule has 1 aromatic heterocycles. The minimum absolute atomic E-state index is 0.0298. The zero-order valence-corrected chi connectivity index (χ0v) is 14.1. The predicted molar refractivity (Wildman–Crippen MR) is 89.4 cm³/mol. The van der Waals surface area contributed by atoms with Gasteiger partial charge in [-0.05, 0) is 19.8 Å². The molecular formula is C14H20N4O2S2. The Balaban J connectivity index is 1.34. The molecule has 2 fully saturated rings. The Labute approximate surface area is 137 Å². The number of aryl methyl sites for hydroxylation is 1. The van der Waals surface area contributed by atoms with Crippen LogP contribution in [0, 0.1) is 6.92 Å². The summed E-state index contributed by atoms with van der Waals surface area (Å²) in [4.78, 5) is 27.4. The monoisotopic (exact) mass is 340 g/mol. The van der Waals surface area contributed by atoms with Crippen molar-refractivity contribution in [2.45, 2.75) is 49.9 Å². The zero-order chi connectivity index (χ0) is 15.5. The van der Waals surface area contributed by atoms with E-state index < -0.39 is 0 Å². The minimum atomic E-state index is -0.0431. The second kappa shape index (κ2) is 6.87. The van der Waals surface area contributed by atoms with Gasteiger partial charge in [0, 0.05) is 22.8 Å². The molecule has 0 aromatic carbocycles. The van der Waals surface area contributed by atoms with E-state index in [1.165, 1.54) is 11.3 Å². The second-order valence-electron chi connectivity index (χ2n) is 5.71. The van der Waals surface area contributed by atoms with E-state index in [0.29, 0.717) is 16.8 Å². The number of anilines is 1. The molecule has 0 radical (unpaired) electrons. The summed E-state index contributed by atoms with van der Waals surface area (Å²) in [6.07, 6.45) is 3.43. The number of thiazole rings is 1. The van der Waals surface area contributed by atoms with Crippen LogP contribution in [0.3, 0.4) is 0 Å². The van der Waals surface area contributed by atoms with Gasteiger partial charge >= 0.3 is 6.03 Å². The number of hydrogen-bond acceptors (Lipinski definition) is 5. The van der Waals surface area contributed by atoms with Crippen molar-refractivity contribution in [3.63, 3.8) is 0 Å². The molecule has 3 amide bonds. The van der Waals surface area contributed by atoms with Crippen LogP contribution in [0.2, 0.25) is 0 Å². The summed E-state index contributed by atoms with van der Waals surface area (Å²) in [6.45, 7) is 1.91. The van der Waals surface area contributed by atoms with Gasteiger partial charge in [0.05, 0.1) is 17.8 Å². The number of urea groups is 1. The van der Waals surface area contributed by atoms with Crippen molar-refractivity contribution in [3.8, 4) is 0 Å². The highest BCUT2D eigenvalue weighted by Gasteiger charge is 2.42. The van der Waals surface area contributed by atoms with Crippen LogP contribution in [-0.4, -0.2) is 40.0 Å². The molecule has 3 heterocycles. The van der Waals surface area contributed by atoms with Crippen molar-refractivity contribution in [2.24, 2.45) is 0 Å². The lowest BCUT2D eigenvalue weighted by Crippen LogP contribution is -2.36. The van der Waals surface area contributed by atoms with Crippen LogP contribution in [0.4, 0.5) is 9.93 Å². The van der Waals surface area contributed by atoms with Crippen molar-refractivity contribution >= 4 is 40.2 Å². The van der Waals surface area contributed by atoms with Crippen molar-refractivity contribution in [2.75, 3.05) is 11.1 Å². The number of hydrogen-bond donors (Lipinski definition) is 3. The summed E-state index contributed by atoms with van der Waals surface area (Å²) in [5.74, 6) is 1.01. The van der Waals surface area contributed by atoms with E-state index >= 15 is 0 Å². The van der Waals surface area contributed by atoms with Gasteiger partial charge in [-0.15, -0.1) is 11.3 Å². The average Bonchev–Trinajstić information content (AvgIpc) is 3.12. The first-order valence-electron chi connectivity index (χ1n) is 7.52. The number of fused-ring (bicyclic) bond motifs is 1. The molecule has 1 aromatic rings. The van der Waals surface area contributed by atoms with Gasteiger partial charge in [-0.25, -0.2) is 9.78 Å². The second-order valence-corrected chi connectivity index (χ2v) is 7.84. The Bertz CT molecular complexity index is 563. The molecule has 3 atom stereocenters. The Morgan fingerprint density at radius 1 is 1.45 bits per heavy atom. The summed E-state index contributed by atoms with van der Waals surface area (Å²) in [7, 11) is 0. The van der Waals surface area contributed by atoms with Crippen LogP contribution < -0.4 is 16.0 Å². The van der Waals surface area contributed by atoms with Gasteiger partial charge in [0.1, 0.15) is 0 Å². The topological polar surface area (TPSA) is 83.1 Å². The van der Waals surface area contributed by atoms with E-state index in [1.54, 1.807) is 0 Å². The highest BCUT2D eigenvalue weighted by molar-refractivity contribution is 8.00. The number of aromatic nitrogens is 1. The average molecular weight is 340 g/mol. The molecular weight excluding hydrogens is 320 g/mol. The maximum atomic E-state index is 11.8. The van der Waals surface area contributed by atoms with E-state index in [9.17, 15) is 9.59 Å². The molecule has 0 bridgehead atoms. The Kier molecular flexibility index (Phi) is 4.87. The molecule has 0 aliphatic carbocycles. The minimum Gasteiger partial charge on any atom is -0.332 e. The Morgan fingerprint density at radius 3 is 3.09 bits per heavy atom. The van der Waals surface area contributed by atoms with E-state index in [0.717, 1.165) is 30.7 Å². The summed E-state index contributed by atoms with van der Waals surface area (Å²) >= 11 is 3.37. The molecule has 2 saturated heterocycles. The molecule has 0 unspecified atom stereocenters. The molecule has 2 aliphatic rings. The van der Waals surface area contributed by atoms with Crippen LogP contribution in [0.25, 0.3) is 0 Å². The quantitative estimate of drug-likeness (QED) is 0.547. The number of carbonyl (C=O) groups is 2. The van der Waals surface area contributed by atoms with Gasteiger partial charge in [-0.1, -0.05) is 6.42 Å². The lowest BCUT2D eigenvalue weighted by molar-refractivity contribution is -0.116. The third kappa shape index (κ3) is 3.73. The first kappa shape index (κ1) is 15.6. The number of unbranched alkanes of at least 4 members (excludes halogenated alkanes) is 1. The van der Waals surface area contributed by atoms with E-state index in [-0.39, 0.29) is 24.0 Å². The Hall–Kier alpha value is -1.28. The van der Waals surface area contributed by atoms with E-state index in [4.69, 9.17) is 0 Å². The number of nitrogens with one attached hydrogen (secondary N) is 3. The lowest BCUT2D eigenvalue weighted by Gasteiger charge is -2.16. The summed E-state index contributed by atoms with van der Waals surface area (Å²) < 4.78 is 0.